The number of carbonyl (C=O) groups excluding carboxylic acids is 2. The van der Waals surface area contributed by atoms with Crippen molar-refractivity contribution in [2.75, 3.05) is 19.0 Å². The second kappa shape index (κ2) is 6.78. The van der Waals surface area contributed by atoms with Gasteiger partial charge in [-0.05, 0) is 12.1 Å². The number of para-hydroxylation sites is 1. The molecule has 0 aromatic heterocycles. The lowest BCUT2D eigenvalue weighted by atomic mass is 10.1. The molecule has 0 bridgehead atoms. The van der Waals surface area contributed by atoms with Gasteiger partial charge in [-0.25, -0.2) is 4.79 Å². The van der Waals surface area contributed by atoms with E-state index in [0.29, 0.717) is 0 Å². The zero-order valence-corrected chi connectivity index (χ0v) is 10.6. The molecule has 5 nitrogen and oxygen atoms in total. The lowest BCUT2D eigenvalue weighted by Crippen LogP contribution is -2.31. The molecule has 0 aliphatic carbocycles. The van der Waals surface area contributed by atoms with Crippen LogP contribution in [0, 0.1) is 0 Å². The second-order valence-corrected chi connectivity index (χ2v) is 3.75. The van der Waals surface area contributed by atoms with E-state index in [1.807, 2.05) is 0 Å². The van der Waals surface area contributed by atoms with Crippen molar-refractivity contribution in [3.63, 3.8) is 0 Å². The van der Waals surface area contributed by atoms with Crippen LogP contribution in [0.5, 0.6) is 0 Å². The van der Waals surface area contributed by atoms with Gasteiger partial charge >= 0.3 is 18.2 Å². The number of rotatable bonds is 4. The Morgan fingerprint density at radius 3 is 2.50 bits per heavy atom. The van der Waals surface area contributed by atoms with Crippen LogP contribution >= 0.6 is 0 Å². The number of hydrogen-bond acceptors (Lipinski definition) is 3. The standard InChI is InChI=1S/C12H13F3N2O3/c1-20-10(18)6-7-16-11(19)17-9-5-3-2-4-8(9)12(13,14)15/h2-5H,6-7H2,1H3,(H2,16,17,19). The predicted molar refractivity (Wildman–Crippen MR) is 65.1 cm³/mol. The van der Waals surface area contributed by atoms with Crippen molar-refractivity contribution in [2.24, 2.45) is 0 Å². The SMILES string of the molecule is COC(=O)CCNC(=O)Nc1ccccc1C(F)(F)F. The van der Waals surface area contributed by atoms with Gasteiger partial charge < -0.3 is 15.4 Å². The van der Waals surface area contributed by atoms with E-state index < -0.39 is 23.7 Å². The number of amides is 2. The van der Waals surface area contributed by atoms with Crippen LogP contribution in [0.3, 0.4) is 0 Å². The number of anilines is 1. The molecule has 0 saturated carbocycles. The van der Waals surface area contributed by atoms with E-state index in [4.69, 9.17) is 0 Å². The first-order valence-electron chi connectivity index (χ1n) is 5.62. The maximum absolute atomic E-state index is 12.7. The van der Waals surface area contributed by atoms with Crippen LogP contribution in [0.15, 0.2) is 24.3 Å². The molecule has 0 saturated heterocycles. The molecule has 0 spiro atoms. The van der Waals surface area contributed by atoms with E-state index in [2.05, 4.69) is 15.4 Å². The summed E-state index contributed by atoms with van der Waals surface area (Å²) in [6.45, 7) is -0.0350. The quantitative estimate of drug-likeness (QED) is 0.837. The van der Waals surface area contributed by atoms with Crippen molar-refractivity contribution in [1.82, 2.24) is 5.32 Å². The van der Waals surface area contributed by atoms with Crippen molar-refractivity contribution < 1.29 is 27.5 Å². The summed E-state index contributed by atoms with van der Waals surface area (Å²) in [6, 6.07) is 3.78. The van der Waals surface area contributed by atoms with Crippen LogP contribution in [0.25, 0.3) is 0 Å². The lowest BCUT2D eigenvalue weighted by Gasteiger charge is -2.13. The van der Waals surface area contributed by atoms with Gasteiger partial charge in [0.15, 0.2) is 0 Å². The van der Waals surface area contributed by atoms with Crippen molar-refractivity contribution in [1.29, 1.82) is 0 Å². The van der Waals surface area contributed by atoms with E-state index in [1.54, 1.807) is 0 Å². The van der Waals surface area contributed by atoms with Crippen molar-refractivity contribution in [2.45, 2.75) is 12.6 Å². The third kappa shape index (κ3) is 4.79. The van der Waals surface area contributed by atoms with Crippen molar-refractivity contribution >= 4 is 17.7 Å². The van der Waals surface area contributed by atoms with Crippen LogP contribution in [0.2, 0.25) is 0 Å². The Bertz CT molecular complexity index is 489. The van der Waals surface area contributed by atoms with E-state index in [9.17, 15) is 22.8 Å². The minimum atomic E-state index is -4.56. The Kier molecular flexibility index (Phi) is 5.36. The van der Waals surface area contributed by atoms with Gasteiger partial charge in [-0.3, -0.25) is 4.79 Å². The monoisotopic (exact) mass is 290 g/mol. The number of carbonyl (C=O) groups is 2. The molecular formula is C12H13F3N2O3. The number of esters is 1. The van der Waals surface area contributed by atoms with Gasteiger partial charge in [-0.2, -0.15) is 13.2 Å². The fourth-order valence-electron chi connectivity index (χ4n) is 1.39. The predicted octanol–water partition coefficient (Wildman–Crippen LogP) is 2.39. The highest BCUT2D eigenvalue weighted by molar-refractivity contribution is 5.90. The first-order chi connectivity index (χ1) is 9.34. The van der Waals surface area contributed by atoms with Crippen LogP contribution in [0.1, 0.15) is 12.0 Å². The molecule has 0 aliphatic rings. The Morgan fingerprint density at radius 2 is 1.90 bits per heavy atom. The molecular weight excluding hydrogens is 277 g/mol. The fraction of sp³-hybridized carbons (Fsp3) is 0.333. The third-order valence-electron chi connectivity index (χ3n) is 2.32. The van der Waals surface area contributed by atoms with Gasteiger partial charge in [0.25, 0.3) is 0 Å². The Morgan fingerprint density at radius 1 is 1.25 bits per heavy atom. The molecule has 110 valence electrons. The van der Waals surface area contributed by atoms with Gasteiger partial charge in [-0.1, -0.05) is 12.1 Å². The molecule has 0 heterocycles. The smallest absolute Gasteiger partial charge is 0.418 e. The minimum absolute atomic E-state index is 0.0350. The summed E-state index contributed by atoms with van der Waals surface area (Å²) in [5, 5.41) is 4.34. The van der Waals surface area contributed by atoms with Crippen LogP contribution < -0.4 is 10.6 Å². The molecule has 8 heteroatoms. The molecule has 20 heavy (non-hydrogen) atoms. The van der Waals surface area contributed by atoms with E-state index in [-0.39, 0.29) is 18.7 Å². The summed E-state index contributed by atoms with van der Waals surface area (Å²) in [4.78, 5) is 22.2. The van der Waals surface area contributed by atoms with Gasteiger partial charge in [-0.15, -0.1) is 0 Å². The minimum Gasteiger partial charge on any atom is -0.469 e. The van der Waals surface area contributed by atoms with E-state index in [0.717, 1.165) is 12.1 Å². The van der Waals surface area contributed by atoms with Gasteiger partial charge in [0.05, 0.1) is 24.8 Å². The first kappa shape index (κ1) is 15.8. The Labute approximate surface area is 113 Å². The highest BCUT2D eigenvalue weighted by Gasteiger charge is 2.33. The molecule has 0 radical (unpaired) electrons. The average molecular weight is 290 g/mol. The Balaban J connectivity index is 2.61. The zero-order valence-electron chi connectivity index (χ0n) is 10.6. The molecule has 0 aliphatic heterocycles. The molecule has 0 atom stereocenters. The number of ether oxygens (including phenoxy) is 1. The van der Waals surface area contributed by atoms with Gasteiger partial charge in [0.2, 0.25) is 0 Å². The number of methoxy groups -OCH3 is 1. The number of benzene rings is 1. The van der Waals surface area contributed by atoms with Crippen molar-refractivity contribution in [3.05, 3.63) is 29.8 Å². The molecule has 1 rings (SSSR count). The molecule has 1 aromatic rings. The number of hydrogen-bond donors (Lipinski definition) is 2. The largest absolute Gasteiger partial charge is 0.469 e. The maximum Gasteiger partial charge on any atom is 0.418 e. The number of urea groups is 1. The van der Waals surface area contributed by atoms with Crippen molar-refractivity contribution in [3.8, 4) is 0 Å². The molecule has 2 N–H and O–H groups in total. The zero-order chi connectivity index (χ0) is 15.2. The molecule has 0 unspecified atom stereocenters. The number of nitrogens with one attached hydrogen (secondary N) is 2. The summed E-state index contributed by atoms with van der Waals surface area (Å²) >= 11 is 0. The fourth-order valence-corrected chi connectivity index (χ4v) is 1.39. The van der Waals surface area contributed by atoms with Crippen LogP contribution in [-0.4, -0.2) is 25.7 Å². The topological polar surface area (TPSA) is 67.4 Å². The summed E-state index contributed by atoms with van der Waals surface area (Å²) in [5.41, 5.74) is -1.29. The number of halogens is 3. The highest BCUT2D eigenvalue weighted by atomic mass is 19.4. The number of alkyl halides is 3. The van der Waals surface area contributed by atoms with Crippen LogP contribution in [-0.2, 0) is 15.7 Å². The van der Waals surface area contributed by atoms with E-state index in [1.165, 1.54) is 19.2 Å². The molecule has 0 fully saturated rings. The summed E-state index contributed by atoms with van der Waals surface area (Å²) in [5.74, 6) is -0.527. The average Bonchev–Trinajstić information content (AvgIpc) is 2.37. The summed E-state index contributed by atoms with van der Waals surface area (Å²) in [6.07, 6.45) is -4.62. The first-order valence-corrected chi connectivity index (χ1v) is 5.62. The third-order valence-corrected chi connectivity index (χ3v) is 2.32. The second-order valence-electron chi connectivity index (χ2n) is 3.75. The van der Waals surface area contributed by atoms with Gasteiger partial charge in [0.1, 0.15) is 0 Å². The molecule has 1 aromatic carbocycles. The summed E-state index contributed by atoms with van der Waals surface area (Å²) < 4.78 is 42.4. The van der Waals surface area contributed by atoms with Crippen LogP contribution in [0.4, 0.5) is 23.7 Å². The molecule has 2 amide bonds. The lowest BCUT2D eigenvalue weighted by molar-refractivity contribution is -0.140. The van der Waals surface area contributed by atoms with Gasteiger partial charge in [0, 0.05) is 6.54 Å². The normalized spacial score (nSPS) is 10.8. The highest BCUT2D eigenvalue weighted by Crippen LogP contribution is 2.34. The van der Waals surface area contributed by atoms with E-state index >= 15 is 0 Å². The Hall–Kier alpha value is -2.25. The maximum atomic E-state index is 12.7. The summed E-state index contributed by atoms with van der Waals surface area (Å²) in [7, 11) is 1.20.